The molecule has 144 valence electrons. The Morgan fingerprint density at radius 2 is 1.76 bits per heavy atom. The Hall–Kier alpha value is -3.71. The molecular formula is C22H16N2O4S. The summed E-state index contributed by atoms with van der Waals surface area (Å²) in [6.45, 7) is 0.347. The molecule has 0 N–H and O–H groups in total. The van der Waals surface area contributed by atoms with E-state index in [0.717, 1.165) is 5.69 Å². The smallest absolute Gasteiger partial charge is 0.343 e. The zero-order valence-corrected chi connectivity index (χ0v) is 16.0. The number of aromatic nitrogens is 2. The summed E-state index contributed by atoms with van der Waals surface area (Å²) in [6.07, 6.45) is 1.65. The van der Waals surface area contributed by atoms with Crippen LogP contribution in [0.4, 0.5) is 0 Å². The molecule has 0 radical (unpaired) electrons. The summed E-state index contributed by atoms with van der Waals surface area (Å²) in [4.78, 5) is 20.7. The number of hydrogen-bond acceptors (Lipinski definition) is 7. The molecule has 0 bridgehead atoms. The summed E-state index contributed by atoms with van der Waals surface area (Å²) in [7, 11) is 0. The summed E-state index contributed by atoms with van der Waals surface area (Å²) in [6, 6.07) is 19.0. The van der Waals surface area contributed by atoms with Gasteiger partial charge in [-0.2, -0.15) is 0 Å². The Bertz CT molecular complexity index is 1070. The number of carbonyl (C=O) groups excluding carboxylic acids is 1. The number of thiazole rings is 1. The first-order valence-electron chi connectivity index (χ1n) is 8.77. The second kappa shape index (κ2) is 8.99. The Morgan fingerprint density at radius 1 is 0.897 bits per heavy atom. The lowest BCUT2D eigenvalue weighted by atomic mass is 10.2. The van der Waals surface area contributed by atoms with Crippen LogP contribution in [0.1, 0.15) is 16.1 Å². The molecule has 0 unspecified atom stereocenters. The van der Waals surface area contributed by atoms with Crippen LogP contribution in [0.2, 0.25) is 0 Å². The van der Waals surface area contributed by atoms with Gasteiger partial charge in [-0.3, -0.25) is 0 Å². The standard InChI is InChI=1S/C22H16N2O4S/c25-22(16-4-3-5-20(12-16)26-13-17-14-29-15-24-17)28-19-9-7-18(8-10-19)27-21-6-1-2-11-23-21/h1-12,14-15H,13H2. The second-order valence-electron chi connectivity index (χ2n) is 5.93. The van der Waals surface area contributed by atoms with E-state index in [1.54, 1.807) is 66.3 Å². The van der Waals surface area contributed by atoms with Gasteiger partial charge in [0.25, 0.3) is 0 Å². The van der Waals surface area contributed by atoms with Crippen molar-refractivity contribution in [3.63, 3.8) is 0 Å². The monoisotopic (exact) mass is 404 g/mol. The molecule has 29 heavy (non-hydrogen) atoms. The van der Waals surface area contributed by atoms with E-state index >= 15 is 0 Å². The molecule has 4 aromatic rings. The Labute approximate surface area is 171 Å². The maximum Gasteiger partial charge on any atom is 0.343 e. The predicted octanol–water partition coefficient (Wildman–Crippen LogP) is 5.13. The van der Waals surface area contributed by atoms with Gasteiger partial charge in [0.2, 0.25) is 5.88 Å². The van der Waals surface area contributed by atoms with Crippen molar-refractivity contribution in [1.82, 2.24) is 9.97 Å². The largest absolute Gasteiger partial charge is 0.487 e. The molecule has 0 fully saturated rings. The summed E-state index contributed by atoms with van der Waals surface area (Å²) >= 11 is 1.51. The zero-order chi connectivity index (χ0) is 19.9. The van der Waals surface area contributed by atoms with Crippen LogP contribution in [0.25, 0.3) is 0 Å². The van der Waals surface area contributed by atoms with Crippen molar-refractivity contribution in [3.8, 4) is 23.1 Å². The third-order valence-corrected chi connectivity index (χ3v) is 4.47. The van der Waals surface area contributed by atoms with E-state index in [1.807, 2.05) is 17.5 Å². The molecule has 0 atom stereocenters. The van der Waals surface area contributed by atoms with Crippen LogP contribution in [0, 0.1) is 0 Å². The van der Waals surface area contributed by atoms with Gasteiger partial charge in [-0.1, -0.05) is 12.1 Å². The second-order valence-corrected chi connectivity index (χ2v) is 6.65. The van der Waals surface area contributed by atoms with E-state index in [4.69, 9.17) is 14.2 Å². The maximum absolute atomic E-state index is 12.4. The molecule has 0 amide bonds. The Kier molecular flexibility index (Phi) is 5.78. The van der Waals surface area contributed by atoms with Gasteiger partial charge in [-0.25, -0.2) is 14.8 Å². The third kappa shape index (κ3) is 5.18. The highest BCUT2D eigenvalue weighted by molar-refractivity contribution is 7.07. The SMILES string of the molecule is O=C(Oc1ccc(Oc2ccccn2)cc1)c1cccc(OCc2cscn2)c1. The molecule has 0 spiro atoms. The fourth-order valence-corrected chi connectivity index (χ4v) is 2.99. The van der Waals surface area contributed by atoms with Crippen molar-refractivity contribution in [3.05, 3.63) is 95.1 Å². The van der Waals surface area contributed by atoms with Crippen LogP contribution in [-0.2, 0) is 6.61 Å². The highest BCUT2D eigenvalue weighted by atomic mass is 32.1. The van der Waals surface area contributed by atoms with Crippen molar-refractivity contribution in [2.45, 2.75) is 6.61 Å². The van der Waals surface area contributed by atoms with E-state index < -0.39 is 5.97 Å². The van der Waals surface area contributed by atoms with E-state index in [0.29, 0.717) is 35.3 Å². The van der Waals surface area contributed by atoms with Crippen LogP contribution >= 0.6 is 11.3 Å². The molecule has 0 aliphatic heterocycles. The quantitative estimate of drug-likeness (QED) is 0.314. The Balaban J connectivity index is 1.36. The molecule has 2 aromatic carbocycles. The zero-order valence-electron chi connectivity index (χ0n) is 15.2. The van der Waals surface area contributed by atoms with Gasteiger partial charge in [0.15, 0.2) is 0 Å². The van der Waals surface area contributed by atoms with Gasteiger partial charge in [-0.05, 0) is 48.5 Å². The number of pyridine rings is 1. The van der Waals surface area contributed by atoms with Gasteiger partial charge in [0.1, 0.15) is 23.9 Å². The van der Waals surface area contributed by atoms with E-state index in [1.165, 1.54) is 11.3 Å². The van der Waals surface area contributed by atoms with Crippen LogP contribution in [-0.4, -0.2) is 15.9 Å². The summed E-state index contributed by atoms with van der Waals surface area (Å²) in [5, 5.41) is 1.92. The van der Waals surface area contributed by atoms with Gasteiger partial charge < -0.3 is 14.2 Å². The Morgan fingerprint density at radius 3 is 2.52 bits per heavy atom. The number of benzene rings is 2. The number of hydrogen-bond donors (Lipinski definition) is 0. The lowest BCUT2D eigenvalue weighted by molar-refractivity contribution is 0.0734. The van der Waals surface area contributed by atoms with Crippen molar-refractivity contribution >= 4 is 17.3 Å². The first-order chi connectivity index (χ1) is 14.3. The number of esters is 1. The summed E-state index contributed by atoms with van der Waals surface area (Å²) in [5.41, 5.74) is 2.99. The summed E-state index contributed by atoms with van der Waals surface area (Å²) < 4.78 is 16.7. The van der Waals surface area contributed by atoms with Crippen LogP contribution in [0.15, 0.2) is 83.8 Å². The summed E-state index contributed by atoms with van der Waals surface area (Å²) in [5.74, 6) is 1.61. The molecule has 7 heteroatoms. The van der Waals surface area contributed by atoms with Crippen molar-refractivity contribution in [2.24, 2.45) is 0 Å². The van der Waals surface area contributed by atoms with Gasteiger partial charge in [0, 0.05) is 17.6 Å². The molecule has 0 aliphatic rings. The normalized spacial score (nSPS) is 10.3. The van der Waals surface area contributed by atoms with Crippen molar-refractivity contribution in [1.29, 1.82) is 0 Å². The van der Waals surface area contributed by atoms with Gasteiger partial charge in [0.05, 0.1) is 16.8 Å². The average Bonchev–Trinajstić information content (AvgIpc) is 3.28. The lowest BCUT2D eigenvalue weighted by Gasteiger charge is -2.08. The fourth-order valence-electron chi connectivity index (χ4n) is 2.45. The third-order valence-electron chi connectivity index (χ3n) is 3.83. The predicted molar refractivity (Wildman–Crippen MR) is 109 cm³/mol. The van der Waals surface area contributed by atoms with Crippen molar-refractivity contribution < 1.29 is 19.0 Å². The van der Waals surface area contributed by atoms with E-state index in [-0.39, 0.29) is 0 Å². The van der Waals surface area contributed by atoms with E-state index in [2.05, 4.69) is 9.97 Å². The molecule has 2 aromatic heterocycles. The molecule has 2 heterocycles. The van der Waals surface area contributed by atoms with Crippen LogP contribution in [0.5, 0.6) is 23.1 Å². The molecule has 0 aliphatic carbocycles. The lowest BCUT2D eigenvalue weighted by Crippen LogP contribution is -2.08. The minimum absolute atomic E-state index is 0.347. The highest BCUT2D eigenvalue weighted by Crippen LogP contribution is 2.23. The van der Waals surface area contributed by atoms with Crippen LogP contribution in [0.3, 0.4) is 0 Å². The maximum atomic E-state index is 12.4. The van der Waals surface area contributed by atoms with E-state index in [9.17, 15) is 4.79 Å². The topological polar surface area (TPSA) is 70.5 Å². The molecule has 6 nitrogen and oxygen atoms in total. The minimum Gasteiger partial charge on any atom is -0.487 e. The highest BCUT2D eigenvalue weighted by Gasteiger charge is 2.10. The molecule has 0 saturated carbocycles. The van der Waals surface area contributed by atoms with Gasteiger partial charge >= 0.3 is 5.97 Å². The number of rotatable bonds is 7. The number of carbonyl (C=O) groups is 1. The average molecular weight is 404 g/mol. The van der Waals surface area contributed by atoms with Crippen LogP contribution < -0.4 is 14.2 Å². The molecule has 4 rings (SSSR count). The first kappa shape index (κ1) is 18.6. The number of ether oxygens (including phenoxy) is 3. The molecule has 0 saturated heterocycles. The number of nitrogens with zero attached hydrogens (tertiary/aromatic N) is 2. The molecular weight excluding hydrogens is 388 g/mol. The first-order valence-corrected chi connectivity index (χ1v) is 9.71. The minimum atomic E-state index is -0.470. The van der Waals surface area contributed by atoms with Crippen molar-refractivity contribution in [2.75, 3.05) is 0 Å². The fraction of sp³-hybridized carbons (Fsp3) is 0.0455. The van der Waals surface area contributed by atoms with Gasteiger partial charge in [-0.15, -0.1) is 11.3 Å².